The Kier molecular flexibility index (Phi) is 3.76. The second-order valence-corrected chi connectivity index (χ2v) is 5.51. The van der Waals surface area contributed by atoms with Crippen molar-refractivity contribution in [1.82, 2.24) is 0 Å². The van der Waals surface area contributed by atoms with Crippen LogP contribution in [0.15, 0.2) is 60.7 Å². The van der Waals surface area contributed by atoms with Crippen LogP contribution in [-0.4, -0.2) is 0 Å². The molecule has 3 rings (SSSR count). The molecule has 0 aliphatic carbocycles. The summed E-state index contributed by atoms with van der Waals surface area (Å²) in [6, 6.07) is 18.7. The number of halogens is 2. The number of hydrogen-bond donors (Lipinski definition) is 0. The Balaban J connectivity index is 1.96. The summed E-state index contributed by atoms with van der Waals surface area (Å²) >= 11 is 0. The van der Waals surface area contributed by atoms with Gasteiger partial charge in [0.1, 0.15) is 11.6 Å². The molecule has 3 aromatic carbocycles. The fourth-order valence-corrected chi connectivity index (χ4v) is 2.41. The highest BCUT2D eigenvalue weighted by atomic mass is 19.1. The summed E-state index contributed by atoms with van der Waals surface area (Å²) in [4.78, 5) is 0. The average molecular weight is 294 g/mol. The van der Waals surface area contributed by atoms with E-state index in [4.69, 9.17) is 0 Å². The van der Waals surface area contributed by atoms with Gasteiger partial charge in [-0.3, -0.25) is 0 Å². The van der Waals surface area contributed by atoms with Crippen molar-refractivity contribution in [3.63, 3.8) is 0 Å². The molecule has 0 aliphatic rings. The lowest BCUT2D eigenvalue weighted by atomic mass is 9.99. The quantitative estimate of drug-likeness (QED) is 0.550. The molecule has 3 aromatic rings. The predicted octanol–water partition coefficient (Wildman–Crippen LogP) is 5.92. The zero-order chi connectivity index (χ0) is 15.7. The Labute approximate surface area is 129 Å². The molecule has 0 bridgehead atoms. The summed E-state index contributed by atoms with van der Waals surface area (Å²) < 4.78 is 27.3. The van der Waals surface area contributed by atoms with Gasteiger partial charge in [-0.05, 0) is 48.2 Å². The van der Waals surface area contributed by atoms with E-state index >= 15 is 0 Å². The fraction of sp³-hybridized carbons (Fsp3) is 0.100. The third-order valence-corrected chi connectivity index (χ3v) is 3.88. The maximum atomic E-state index is 13.7. The first-order valence-corrected chi connectivity index (χ1v) is 7.18. The first kappa shape index (κ1) is 14.5. The minimum Gasteiger partial charge on any atom is -0.207 e. The van der Waals surface area contributed by atoms with Crippen molar-refractivity contribution in [2.24, 2.45) is 0 Å². The number of rotatable bonds is 2. The third-order valence-electron chi connectivity index (χ3n) is 3.88. The molecule has 0 N–H and O–H groups in total. The highest BCUT2D eigenvalue weighted by Crippen LogP contribution is 2.27. The molecular formula is C20H16F2. The van der Waals surface area contributed by atoms with Crippen LogP contribution in [0.25, 0.3) is 22.3 Å². The molecule has 0 radical (unpaired) electrons. The highest BCUT2D eigenvalue weighted by molar-refractivity contribution is 5.70. The first-order chi connectivity index (χ1) is 10.5. The summed E-state index contributed by atoms with van der Waals surface area (Å²) in [5.74, 6) is -1.03. The van der Waals surface area contributed by atoms with E-state index in [0.29, 0.717) is 5.56 Å². The highest BCUT2D eigenvalue weighted by Gasteiger charge is 2.08. The number of hydrogen-bond acceptors (Lipinski definition) is 0. The number of benzene rings is 3. The second kappa shape index (κ2) is 5.72. The second-order valence-electron chi connectivity index (χ2n) is 5.51. The van der Waals surface area contributed by atoms with E-state index in [1.807, 2.05) is 31.2 Å². The monoisotopic (exact) mass is 294 g/mol. The molecule has 0 heterocycles. The van der Waals surface area contributed by atoms with E-state index < -0.39 is 11.6 Å². The van der Waals surface area contributed by atoms with Gasteiger partial charge < -0.3 is 0 Å². The molecule has 110 valence electrons. The molecule has 2 heteroatoms. The first-order valence-electron chi connectivity index (χ1n) is 7.18. The third kappa shape index (κ3) is 2.77. The molecular weight excluding hydrogens is 278 g/mol. The summed E-state index contributed by atoms with van der Waals surface area (Å²) in [5.41, 5.74) is 4.82. The minimum atomic E-state index is -0.516. The van der Waals surface area contributed by atoms with E-state index in [1.165, 1.54) is 24.6 Å². The van der Waals surface area contributed by atoms with Crippen molar-refractivity contribution in [2.45, 2.75) is 13.8 Å². The Morgan fingerprint density at radius 3 is 1.36 bits per heavy atom. The lowest BCUT2D eigenvalue weighted by molar-refractivity contribution is 0.569. The molecule has 0 nitrogen and oxygen atoms in total. The van der Waals surface area contributed by atoms with Gasteiger partial charge in [0.15, 0.2) is 0 Å². The molecule has 0 unspecified atom stereocenters. The molecule has 0 spiro atoms. The van der Waals surface area contributed by atoms with Crippen molar-refractivity contribution in [2.75, 3.05) is 0 Å². The van der Waals surface area contributed by atoms with Gasteiger partial charge in [-0.2, -0.15) is 0 Å². The number of aryl methyl sites for hydroxylation is 1. The van der Waals surface area contributed by atoms with E-state index in [-0.39, 0.29) is 5.56 Å². The summed E-state index contributed by atoms with van der Waals surface area (Å²) in [6.07, 6.45) is 0. The maximum absolute atomic E-state index is 13.7. The van der Waals surface area contributed by atoms with Gasteiger partial charge in [-0.1, -0.05) is 54.1 Å². The van der Waals surface area contributed by atoms with E-state index in [0.717, 1.165) is 16.7 Å². The zero-order valence-corrected chi connectivity index (χ0v) is 12.5. The standard InChI is InChI=1S/C20H16F2/c1-13-3-5-15(6-4-13)16-7-9-17(10-8-16)18-11-19(21)14(2)20(22)12-18/h3-12H,1-2H3. The zero-order valence-electron chi connectivity index (χ0n) is 12.5. The minimum absolute atomic E-state index is 0.0556. The summed E-state index contributed by atoms with van der Waals surface area (Å²) in [7, 11) is 0. The molecule has 0 saturated carbocycles. The van der Waals surface area contributed by atoms with E-state index in [1.54, 1.807) is 0 Å². The Morgan fingerprint density at radius 1 is 0.545 bits per heavy atom. The van der Waals surface area contributed by atoms with Crippen LogP contribution in [0, 0.1) is 25.5 Å². The van der Waals surface area contributed by atoms with Crippen molar-refractivity contribution in [3.8, 4) is 22.3 Å². The van der Waals surface area contributed by atoms with Crippen LogP contribution in [0.5, 0.6) is 0 Å². The Morgan fingerprint density at radius 2 is 0.909 bits per heavy atom. The van der Waals surface area contributed by atoms with Crippen LogP contribution < -0.4 is 0 Å². The molecule has 0 saturated heterocycles. The van der Waals surface area contributed by atoms with Crippen molar-refractivity contribution in [1.29, 1.82) is 0 Å². The van der Waals surface area contributed by atoms with Gasteiger partial charge in [0.05, 0.1) is 0 Å². The lowest BCUT2D eigenvalue weighted by Crippen LogP contribution is -1.90. The topological polar surface area (TPSA) is 0 Å². The lowest BCUT2D eigenvalue weighted by Gasteiger charge is -2.07. The van der Waals surface area contributed by atoms with Crippen molar-refractivity contribution >= 4 is 0 Å². The normalized spacial score (nSPS) is 10.7. The van der Waals surface area contributed by atoms with Crippen LogP contribution in [0.3, 0.4) is 0 Å². The molecule has 0 aliphatic heterocycles. The van der Waals surface area contributed by atoms with Gasteiger partial charge in [-0.25, -0.2) is 8.78 Å². The molecule has 0 fully saturated rings. The smallest absolute Gasteiger partial charge is 0.129 e. The van der Waals surface area contributed by atoms with Gasteiger partial charge >= 0.3 is 0 Å². The SMILES string of the molecule is Cc1ccc(-c2ccc(-c3cc(F)c(C)c(F)c3)cc2)cc1. The van der Waals surface area contributed by atoms with Crippen LogP contribution in [0.2, 0.25) is 0 Å². The molecule has 22 heavy (non-hydrogen) atoms. The average Bonchev–Trinajstić information content (AvgIpc) is 2.53. The largest absolute Gasteiger partial charge is 0.207 e. The van der Waals surface area contributed by atoms with Gasteiger partial charge in [0.2, 0.25) is 0 Å². The molecule has 0 atom stereocenters. The summed E-state index contributed by atoms with van der Waals surface area (Å²) in [6.45, 7) is 3.49. The van der Waals surface area contributed by atoms with E-state index in [2.05, 4.69) is 24.3 Å². The predicted molar refractivity (Wildman–Crippen MR) is 86.7 cm³/mol. The van der Waals surface area contributed by atoms with Crippen LogP contribution in [-0.2, 0) is 0 Å². The van der Waals surface area contributed by atoms with Gasteiger partial charge in [-0.15, -0.1) is 0 Å². The van der Waals surface area contributed by atoms with Crippen LogP contribution in [0.4, 0.5) is 8.78 Å². The van der Waals surface area contributed by atoms with Gasteiger partial charge in [0, 0.05) is 5.56 Å². The Hall–Kier alpha value is -2.48. The van der Waals surface area contributed by atoms with Crippen molar-refractivity contribution in [3.05, 3.63) is 83.4 Å². The van der Waals surface area contributed by atoms with Crippen molar-refractivity contribution < 1.29 is 8.78 Å². The van der Waals surface area contributed by atoms with E-state index in [9.17, 15) is 8.78 Å². The molecule has 0 amide bonds. The van der Waals surface area contributed by atoms with Crippen LogP contribution >= 0.6 is 0 Å². The molecule has 0 aromatic heterocycles. The summed E-state index contributed by atoms with van der Waals surface area (Å²) in [5, 5.41) is 0. The fourth-order valence-electron chi connectivity index (χ4n) is 2.41. The van der Waals surface area contributed by atoms with Gasteiger partial charge in [0.25, 0.3) is 0 Å². The Bertz CT molecular complexity index is 777. The van der Waals surface area contributed by atoms with Crippen LogP contribution in [0.1, 0.15) is 11.1 Å². The maximum Gasteiger partial charge on any atom is 0.129 e.